The molecule has 0 radical (unpaired) electrons. The summed E-state index contributed by atoms with van der Waals surface area (Å²) in [6, 6.07) is 4.49. The summed E-state index contributed by atoms with van der Waals surface area (Å²) in [5.41, 5.74) is 2.74. The summed E-state index contributed by atoms with van der Waals surface area (Å²) >= 11 is 0. The Balaban J connectivity index is 1.11. The van der Waals surface area contributed by atoms with Crippen LogP contribution in [0.25, 0.3) is 17.0 Å². The number of aromatic amines is 1. The van der Waals surface area contributed by atoms with Gasteiger partial charge < -0.3 is 38.8 Å². The van der Waals surface area contributed by atoms with Crippen molar-refractivity contribution in [2.45, 2.75) is 64.2 Å². The second kappa shape index (κ2) is 17.1. The number of amides is 4. The van der Waals surface area contributed by atoms with Crippen LogP contribution in [0.4, 0.5) is 20.2 Å². The summed E-state index contributed by atoms with van der Waals surface area (Å²) < 4.78 is 27.5. The number of likely N-dealkylation sites (N-methyl/N-ethyl adjacent to an activating group) is 1. The Kier molecular flexibility index (Phi) is 12.6. The van der Waals surface area contributed by atoms with E-state index >= 15 is 0 Å². The van der Waals surface area contributed by atoms with Gasteiger partial charge in [-0.1, -0.05) is 18.2 Å². The normalized spacial score (nSPS) is 15.8. The van der Waals surface area contributed by atoms with Gasteiger partial charge in [-0.15, -0.1) is 0 Å². The average molecular weight is 736 g/mol. The van der Waals surface area contributed by atoms with Gasteiger partial charge in [0.2, 0.25) is 0 Å². The molecule has 4 amide bonds. The number of pyridine rings is 1. The largest absolute Gasteiger partial charge is 0.467 e. The van der Waals surface area contributed by atoms with Gasteiger partial charge in [-0.2, -0.15) is 5.10 Å². The van der Waals surface area contributed by atoms with E-state index in [1.54, 1.807) is 24.3 Å². The average Bonchev–Trinajstić information content (AvgIpc) is 3.59. The Labute approximate surface area is 308 Å². The number of urea groups is 1. The molecule has 0 bridgehead atoms. The smallest absolute Gasteiger partial charge is 0.413 e. The molecule has 1 saturated heterocycles. The molecule has 0 saturated carbocycles. The molecule has 1 fully saturated rings. The summed E-state index contributed by atoms with van der Waals surface area (Å²) in [5.74, 6) is -0.138. The second-order valence-electron chi connectivity index (χ2n) is 14.1. The molecule has 53 heavy (non-hydrogen) atoms. The first-order valence-electron chi connectivity index (χ1n) is 17.6. The van der Waals surface area contributed by atoms with Crippen molar-refractivity contribution in [3.8, 4) is 0 Å². The van der Waals surface area contributed by atoms with E-state index in [0.717, 1.165) is 33.2 Å². The second-order valence-corrected chi connectivity index (χ2v) is 14.1. The number of fused-ring (bicyclic) bond motifs is 3. The highest BCUT2D eigenvalue weighted by atomic mass is 16.6. The molecule has 3 N–H and O–H groups in total. The fraction of sp³-hybridized carbons (Fsp3) is 0.514. The van der Waals surface area contributed by atoms with Crippen LogP contribution in [0.5, 0.6) is 0 Å². The number of ether oxygens (including phenoxy) is 5. The first-order chi connectivity index (χ1) is 25.3. The Bertz CT molecular complexity index is 1810. The SMILES string of the molecule is COC(=O)[C@@H](Cc1cc(C)c2[nH]ncc2c1)NC(=O)N1CCC2(CC1)OC(=O)Nc1ncc(/C=C/COCCOCCN(C)C(=O)OC(C)(C)C)cc12. The molecule has 3 aromatic rings. The molecule has 16 nitrogen and oxygen atoms in total. The monoisotopic (exact) mass is 735 g/mol. The highest BCUT2D eigenvalue weighted by molar-refractivity contribution is 5.88. The van der Waals surface area contributed by atoms with Crippen LogP contribution in [0.3, 0.4) is 0 Å². The molecule has 16 heteroatoms. The molecule has 0 unspecified atom stereocenters. The van der Waals surface area contributed by atoms with E-state index in [0.29, 0.717) is 51.6 Å². The molecule has 1 atom stereocenters. The molecule has 0 aliphatic carbocycles. The number of H-pyrrole nitrogens is 1. The molecule has 1 aromatic carbocycles. The molecule has 2 aliphatic heterocycles. The lowest BCUT2D eigenvalue weighted by molar-refractivity contribution is -0.142. The summed E-state index contributed by atoms with van der Waals surface area (Å²) in [6.45, 7) is 9.80. The predicted molar refractivity (Wildman–Crippen MR) is 195 cm³/mol. The number of anilines is 1. The molecule has 2 aromatic heterocycles. The number of hydrogen-bond donors (Lipinski definition) is 3. The van der Waals surface area contributed by atoms with Gasteiger partial charge in [-0.05, 0) is 56.5 Å². The van der Waals surface area contributed by atoms with E-state index in [-0.39, 0.29) is 19.5 Å². The highest BCUT2D eigenvalue weighted by Gasteiger charge is 2.46. The van der Waals surface area contributed by atoms with Gasteiger partial charge in [0.25, 0.3) is 0 Å². The predicted octanol–water partition coefficient (Wildman–Crippen LogP) is 4.53. The number of nitrogens with zero attached hydrogens (tertiary/aromatic N) is 4. The number of methoxy groups -OCH3 is 1. The van der Waals surface area contributed by atoms with E-state index < -0.39 is 41.4 Å². The molecule has 4 heterocycles. The van der Waals surface area contributed by atoms with Gasteiger partial charge in [-0.3, -0.25) is 10.4 Å². The highest BCUT2D eigenvalue weighted by Crippen LogP contribution is 2.43. The summed E-state index contributed by atoms with van der Waals surface area (Å²) in [7, 11) is 2.95. The Hall–Kier alpha value is -5.22. The fourth-order valence-corrected chi connectivity index (χ4v) is 6.25. The number of carbonyl (C=O) groups is 4. The van der Waals surface area contributed by atoms with Crippen LogP contribution in [0.15, 0.2) is 36.7 Å². The Morgan fingerprint density at radius 3 is 2.60 bits per heavy atom. The lowest BCUT2D eigenvalue weighted by Gasteiger charge is -2.43. The van der Waals surface area contributed by atoms with Gasteiger partial charge in [-0.25, -0.2) is 24.2 Å². The number of nitrogens with one attached hydrogen (secondary N) is 3. The minimum atomic E-state index is -0.976. The van der Waals surface area contributed by atoms with E-state index in [1.807, 2.05) is 58.0 Å². The van der Waals surface area contributed by atoms with Crippen molar-refractivity contribution >= 4 is 47.0 Å². The third-order valence-electron chi connectivity index (χ3n) is 8.97. The number of aromatic nitrogens is 3. The van der Waals surface area contributed by atoms with Crippen LogP contribution in [0.1, 0.15) is 55.9 Å². The van der Waals surface area contributed by atoms with Crippen molar-refractivity contribution in [1.29, 1.82) is 0 Å². The molecule has 2 aliphatic rings. The summed E-state index contributed by atoms with van der Waals surface area (Å²) in [4.78, 5) is 58.3. The van der Waals surface area contributed by atoms with Gasteiger partial charge in [0.1, 0.15) is 23.1 Å². The maximum atomic E-state index is 13.4. The number of hydrogen-bond acceptors (Lipinski definition) is 11. The third kappa shape index (κ3) is 10.2. The minimum absolute atomic E-state index is 0.241. The van der Waals surface area contributed by atoms with Crippen molar-refractivity contribution in [2.75, 3.05) is 65.5 Å². The van der Waals surface area contributed by atoms with Gasteiger partial charge >= 0.3 is 24.2 Å². The number of likely N-dealkylation sites (tertiary alicyclic amines) is 1. The molecule has 286 valence electrons. The fourth-order valence-electron chi connectivity index (χ4n) is 6.25. The first-order valence-corrected chi connectivity index (χ1v) is 17.6. The van der Waals surface area contributed by atoms with E-state index in [2.05, 4.69) is 25.8 Å². The number of carbonyl (C=O) groups excluding carboxylic acids is 4. The van der Waals surface area contributed by atoms with Crippen LogP contribution in [-0.4, -0.2) is 121 Å². The number of aryl methyl sites for hydroxylation is 1. The Morgan fingerprint density at radius 2 is 1.87 bits per heavy atom. The van der Waals surface area contributed by atoms with Crippen LogP contribution in [-0.2, 0) is 40.5 Å². The molecular weight excluding hydrogens is 686 g/mol. The number of benzene rings is 1. The topological polar surface area (TPSA) is 187 Å². The molecule has 5 rings (SSSR count). The van der Waals surface area contributed by atoms with Crippen molar-refractivity contribution in [3.63, 3.8) is 0 Å². The quantitative estimate of drug-likeness (QED) is 0.127. The zero-order valence-corrected chi connectivity index (χ0v) is 31.2. The third-order valence-corrected chi connectivity index (χ3v) is 8.97. The molecule has 1 spiro atoms. The lowest BCUT2D eigenvalue weighted by Crippen LogP contribution is -2.54. The van der Waals surface area contributed by atoms with Gasteiger partial charge in [0.05, 0.1) is 45.3 Å². The lowest BCUT2D eigenvalue weighted by atomic mass is 9.83. The van der Waals surface area contributed by atoms with E-state index in [1.165, 1.54) is 12.0 Å². The van der Waals surface area contributed by atoms with E-state index in [4.69, 9.17) is 23.7 Å². The maximum Gasteiger partial charge on any atom is 0.413 e. The summed E-state index contributed by atoms with van der Waals surface area (Å²) in [5, 5.41) is 13.5. The van der Waals surface area contributed by atoms with Gasteiger partial charge in [0, 0.05) is 63.1 Å². The number of rotatable bonds is 13. The van der Waals surface area contributed by atoms with Crippen LogP contribution in [0, 0.1) is 6.92 Å². The van der Waals surface area contributed by atoms with E-state index in [9.17, 15) is 19.2 Å². The summed E-state index contributed by atoms with van der Waals surface area (Å²) in [6.07, 6.45) is 7.01. The van der Waals surface area contributed by atoms with Gasteiger partial charge in [0.15, 0.2) is 0 Å². The number of piperidine rings is 1. The van der Waals surface area contributed by atoms with Crippen molar-refractivity contribution in [3.05, 3.63) is 58.9 Å². The molecular formula is C37H49N7O9. The van der Waals surface area contributed by atoms with Crippen molar-refractivity contribution in [2.24, 2.45) is 0 Å². The van der Waals surface area contributed by atoms with Crippen LogP contribution in [0.2, 0.25) is 0 Å². The van der Waals surface area contributed by atoms with Crippen molar-refractivity contribution < 1.29 is 42.9 Å². The zero-order valence-electron chi connectivity index (χ0n) is 31.2. The van der Waals surface area contributed by atoms with Crippen LogP contribution < -0.4 is 10.6 Å². The van der Waals surface area contributed by atoms with Crippen molar-refractivity contribution in [1.82, 2.24) is 30.3 Å². The zero-order chi connectivity index (χ0) is 38.2. The first kappa shape index (κ1) is 39.0. The number of esters is 1. The Morgan fingerprint density at radius 1 is 1.11 bits per heavy atom. The standard InChI is InChI=1S/C37H49N7O9/c1-24-18-26(19-27-23-39-42-30(24)27)21-29(32(45)49-6)40-33(46)44-11-9-37(10-12-44)28-20-25(22-38-31(28)41-34(47)52-37)8-7-14-50-16-17-51-15-13-43(5)35(48)53-36(2,3)4/h7-8,18-20,22-23,29H,9-17,21H2,1-6H3,(H,39,42)(H,40,46)(H,38,41,47)/b8-7+/t29-/m1/s1. The maximum absolute atomic E-state index is 13.4. The minimum Gasteiger partial charge on any atom is -0.467 e. The van der Waals surface area contributed by atoms with Crippen LogP contribution >= 0.6 is 0 Å².